The molecule has 0 atom stereocenters. The lowest BCUT2D eigenvalue weighted by Crippen LogP contribution is -1.96. The van der Waals surface area contributed by atoms with Gasteiger partial charge in [-0.15, -0.1) is 13.2 Å². The van der Waals surface area contributed by atoms with Crippen LogP contribution >= 0.6 is 0 Å². The average molecular weight is 367 g/mol. The first-order valence-electron chi connectivity index (χ1n) is 9.45. The van der Waals surface area contributed by atoms with E-state index in [2.05, 4.69) is 17.9 Å². The lowest BCUT2D eigenvalue weighted by molar-refractivity contribution is 0.0444. The monoisotopic (exact) mass is 366 g/mol. The summed E-state index contributed by atoms with van der Waals surface area (Å²) in [6.45, 7) is 18.0. The van der Waals surface area contributed by atoms with Gasteiger partial charge in [-0.05, 0) is 45.8 Å². The van der Waals surface area contributed by atoms with E-state index in [-0.39, 0.29) is 0 Å². The van der Waals surface area contributed by atoms with Crippen molar-refractivity contribution in [3.05, 3.63) is 72.8 Å². The highest BCUT2D eigenvalue weighted by atomic mass is 16.6. The smallest absolute Gasteiger partial charge is 0.346 e. The Morgan fingerprint density at radius 2 is 0.926 bits per heavy atom. The van der Waals surface area contributed by atoms with Gasteiger partial charge in [0.05, 0.1) is 11.1 Å². The van der Waals surface area contributed by atoms with Crippen molar-refractivity contribution in [1.29, 1.82) is 0 Å². The van der Waals surface area contributed by atoms with Gasteiger partial charge in [-0.25, -0.2) is 9.59 Å². The zero-order chi connectivity index (χ0) is 21.0. The summed E-state index contributed by atoms with van der Waals surface area (Å²) in [5, 5.41) is 4.08. The molecule has 0 N–H and O–H groups in total. The molecule has 0 amide bonds. The SMILES string of the molecule is C=C.CC.CC.CC.O=C1OC(=O)c2cc3cc4ccccc4cc3cc21. The largest absolute Gasteiger partial charge is 0.386 e. The standard InChI is InChI=1S/C16H8O3.3C2H6.C2H4/c17-15-13-7-11-5-9-3-1-2-4-10(9)6-12(11)8-14(13)16(18)19-15;4*1-2/h1-8H;3*1-2H3;1-2H2. The van der Waals surface area contributed by atoms with Crippen molar-refractivity contribution >= 4 is 33.5 Å². The Bertz CT molecular complexity index is 823. The molecule has 0 spiro atoms. The number of esters is 2. The summed E-state index contributed by atoms with van der Waals surface area (Å²) < 4.78 is 4.62. The highest BCUT2D eigenvalue weighted by molar-refractivity contribution is 6.17. The van der Waals surface area contributed by atoms with Crippen LogP contribution in [0, 0.1) is 0 Å². The Kier molecular flexibility index (Phi) is 11.1. The van der Waals surface area contributed by atoms with Crippen molar-refractivity contribution in [2.45, 2.75) is 41.5 Å². The maximum atomic E-state index is 11.5. The van der Waals surface area contributed by atoms with Gasteiger partial charge in [0.25, 0.3) is 0 Å². The van der Waals surface area contributed by atoms with E-state index in [0.29, 0.717) is 11.1 Å². The fraction of sp³-hybridized carbons (Fsp3) is 0.250. The van der Waals surface area contributed by atoms with E-state index in [9.17, 15) is 9.59 Å². The number of carbonyl (C=O) groups excluding carboxylic acids is 2. The van der Waals surface area contributed by atoms with Gasteiger partial charge in [-0.1, -0.05) is 65.8 Å². The molecule has 3 heteroatoms. The fourth-order valence-corrected chi connectivity index (χ4v) is 2.52. The van der Waals surface area contributed by atoms with E-state index in [1.54, 1.807) is 12.1 Å². The van der Waals surface area contributed by atoms with Crippen LogP contribution in [0.2, 0.25) is 0 Å². The molecule has 0 fully saturated rings. The van der Waals surface area contributed by atoms with Gasteiger partial charge in [0.15, 0.2) is 0 Å². The van der Waals surface area contributed by atoms with Crippen LogP contribution in [0.4, 0.5) is 0 Å². The van der Waals surface area contributed by atoms with Crippen molar-refractivity contribution in [1.82, 2.24) is 0 Å². The highest BCUT2D eigenvalue weighted by Crippen LogP contribution is 2.29. The molecule has 1 heterocycles. The van der Waals surface area contributed by atoms with Crippen LogP contribution in [0.5, 0.6) is 0 Å². The van der Waals surface area contributed by atoms with E-state index in [1.807, 2.05) is 77.9 Å². The number of fused-ring (bicyclic) bond motifs is 3. The van der Waals surface area contributed by atoms with Gasteiger partial charge >= 0.3 is 11.9 Å². The molecule has 1 aliphatic rings. The summed E-state index contributed by atoms with van der Waals surface area (Å²) in [7, 11) is 0. The van der Waals surface area contributed by atoms with E-state index in [1.165, 1.54) is 0 Å². The molecule has 4 rings (SSSR count). The molecule has 0 aliphatic carbocycles. The molecular formula is C24H30O3. The Balaban J connectivity index is 0.000000757. The zero-order valence-corrected chi connectivity index (χ0v) is 17.3. The summed E-state index contributed by atoms with van der Waals surface area (Å²) in [5.74, 6) is -1.12. The minimum absolute atomic E-state index is 0.354. The van der Waals surface area contributed by atoms with Crippen LogP contribution in [-0.2, 0) is 4.74 Å². The van der Waals surface area contributed by atoms with Crippen LogP contribution in [0.25, 0.3) is 21.5 Å². The Hall–Kier alpha value is -2.94. The number of hydrogen-bond acceptors (Lipinski definition) is 3. The zero-order valence-electron chi connectivity index (χ0n) is 17.3. The van der Waals surface area contributed by atoms with E-state index in [0.717, 1.165) is 21.5 Å². The summed E-state index contributed by atoms with van der Waals surface area (Å²) in [6, 6.07) is 15.5. The molecule has 1 aliphatic heterocycles. The van der Waals surface area contributed by atoms with Gasteiger partial charge in [0.1, 0.15) is 0 Å². The first-order chi connectivity index (χ1) is 13.2. The average Bonchev–Trinajstić information content (AvgIpc) is 3.03. The first kappa shape index (κ1) is 24.1. The Labute approximate surface area is 162 Å². The second-order valence-electron chi connectivity index (χ2n) is 4.62. The molecule has 0 bridgehead atoms. The van der Waals surface area contributed by atoms with Crippen molar-refractivity contribution in [2.24, 2.45) is 0 Å². The second kappa shape index (κ2) is 12.4. The summed E-state index contributed by atoms with van der Waals surface area (Å²) in [4.78, 5) is 23.1. The molecule has 27 heavy (non-hydrogen) atoms. The number of rotatable bonds is 0. The minimum Gasteiger partial charge on any atom is -0.386 e. The number of ether oxygens (including phenoxy) is 1. The van der Waals surface area contributed by atoms with E-state index < -0.39 is 11.9 Å². The Morgan fingerprint density at radius 1 is 0.593 bits per heavy atom. The predicted molar refractivity (Wildman–Crippen MR) is 116 cm³/mol. The fourth-order valence-electron chi connectivity index (χ4n) is 2.52. The molecule has 144 valence electrons. The van der Waals surface area contributed by atoms with Crippen molar-refractivity contribution in [3.63, 3.8) is 0 Å². The molecule has 0 saturated heterocycles. The topological polar surface area (TPSA) is 43.4 Å². The van der Waals surface area contributed by atoms with Crippen LogP contribution in [0.1, 0.15) is 62.3 Å². The number of carbonyl (C=O) groups is 2. The van der Waals surface area contributed by atoms with Gasteiger partial charge in [0, 0.05) is 0 Å². The summed E-state index contributed by atoms with van der Waals surface area (Å²) >= 11 is 0. The lowest BCUT2D eigenvalue weighted by Gasteiger charge is -2.03. The van der Waals surface area contributed by atoms with Crippen molar-refractivity contribution in [3.8, 4) is 0 Å². The quantitative estimate of drug-likeness (QED) is 0.183. The molecule has 3 nitrogen and oxygen atoms in total. The predicted octanol–water partition coefficient (Wildman–Crippen LogP) is 7.18. The van der Waals surface area contributed by atoms with Crippen LogP contribution < -0.4 is 0 Å². The molecule has 3 aromatic carbocycles. The number of hydrogen-bond donors (Lipinski definition) is 0. The molecule has 0 aromatic heterocycles. The molecule has 3 aromatic rings. The van der Waals surface area contributed by atoms with E-state index >= 15 is 0 Å². The summed E-state index contributed by atoms with van der Waals surface area (Å²) in [5.41, 5.74) is 0.709. The van der Waals surface area contributed by atoms with Crippen LogP contribution in [-0.4, -0.2) is 11.9 Å². The second-order valence-corrected chi connectivity index (χ2v) is 4.62. The minimum atomic E-state index is -0.560. The Morgan fingerprint density at radius 3 is 1.26 bits per heavy atom. The molecular weight excluding hydrogens is 336 g/mol. The highest BCUT2D eigenvalue weighted by Gasteiger charge is 2.29. The lowest BCUT2D eigenvalue weighted by atomic mass is 9.99. The first-order valence-corrected chi connectivity index (χ1v) is 9.45. The maximum Gasteiger partial charge on any atom is 0.346 e. The third-order valence-electron chi connectivity index (χ3n) is 3.47. The van der Waals surface area contributed by atoms with E-state index in [4.69, 9.17) is 0 Å². The molecule has 0 radical (unpaired) electrons. The third-order valence-corrected chi connectivity index (χ3v) is 3.47. The van der Waals surface area contributed by atoms with Gasteiger partial charge in [-0.2, -0.15) is 0 Å². The van der Waals surface area contributed by atoms with Crippen molar-refractivity contribution in [2.75, 3.05) is 0 Å². The summed E-state index contributed by atoms with van der Waals surface area (Å²) in [6.07, 6.45) is 0. The van der Waals surface area contributed by atoms with Gasteiger partial charge in [-0.3, -0.25) is 0 Å². The maximum absolute atomic E-state index is 11.5. The van der Waals surface area contributed by atoms with Crippen LogP contribution in [0.3, 0.4) is 0 Å². The molecule has 0 unspecified atom stereocenters. The van der Waals surface area contributed by atoms with Crippen LogP contribution in [0.15, 0.2) is 61.7 Å². The van der Waals surface area contributed by atoms with Gasteiger partial charge < -0.3 is 4.74 Å². The number of cyclic esters (lactones) is 2. The van der Waals surface area contributed by atoms with Crippen molar-refractivity contribution < 1.29 is 14.3 Å². The van der Waals surface area contributed by atoms with Gasteiger partial charge in [0.2, 0.25) is 0 Å². The normalized spacial score (nSPS) is 10.6. The third kappa shape index (κ3) is 5.27. The number of benzene rings is 3. The molecule has 0 saturated carbocycles.